The first-order valence-electron chi connectivity index (χ1n) is 7.42. The lowest BCUT2D eigenvalue weighted by atomic mass is 10.2. The first-order chi connectivity index (χ1) is 11.5. The summed E-state index contributed by atoms with van der Waals surface area (Å²) in [5, 5.41) is 3.72. The summed E-state index contributed by atoms with van der Waals surface area (Å²) in [6.45, 7) is 4.30. The summed E-state index contributed by atoms with van der Waals surface area (Å²) in [5.41, 5.74) is 2.01. The molecule has 0 amide bonds. The maximum atomic E-state index is 14.5. The zero-order valence-electron chi connectivity index (χ0n) is 14.5. The van der Waals surface area contributed by atoms with Crippen molar-refractivity contribution in [3.8, 4) is 22.9 Å². The third-order valence-electron chi connectivity index (χ3n) is 3.25. The summed E-state index contributed by atoms with van der Waals surface area (Å²) < 4.78 is 46.3. The third-order valence-corrected chi connectivity index (χ3v) is 4.12. The molecule has 0 fully saturated rings. The van der Waals surface area contributed by atoms with E-state index in [0.717, 1.165) is 6.07 Å². The van der Waals surface area contributed by atoms with Crippen LogP contribution < -0.4 is 10.4 Å². The number of methoxy groups -OCH3 is 1. The molecular weight excluding hydrogens is 351 g/mol. The molecule has 1 heterocycles. The van der Waals surface area contributed by atoms with Gasteiger partial charge in [-0.15, -0.1) is 10.6 Å². The van der Waals surface area contributed by atoms with Gasteiger partial charge < -0.3 is 4.74 Å². The van der Waals surface area contributed by atoms with Gasteiger partial charge in [0.25, 0.3) is 0 Å². The van der Waals surface area contributed by atoms with Crippen molar-refractivity contribution in [1.29, 1.82) is 0 Å². The first-order valence-corrected chi connectivity index (χ1v) is 10.9. The minimum atomic E-state index is -3.06. The Morgan fingerprint density at radius 1 is 1.28 bits per heavy atom. The van der Waals surface area contributed by atoms with Gasteiger partial charge in [-0.2, -0.15) is 13.5 Å². The predicted molar refractivity (Wildman–Crippen MR) is 90.5 cm³/mol. The number of halogens is 3. The molecule has 0 aliphatic carbocycles. The number of alkyl halides is 2. The van der Waals surface area contributed by atoms with E-state index in [9.17, 15) is 18.0 Å². The summed E-state index contributed by atoms with van der Waals surface area (Å²) >= 11 is 0. The lowest BCUT2D eigenvalue weighted by Gasteiger charge is -2.09. The molecule has 0 atom stereocenters. The Balaban J connectivity index is 2.64. The smallest absolute Gasteiger partial charge is 0.355 e. The van der Waals surface area contributed by atoms with Gasteiger partial charge >= 0.3 is 12.2 Å². The number of rotatable bonds is 3. The Hall–Kier alpha value is -2.47. The van der Waals surface area contributed by atoms with Gasteiger partial charge in [0, 0.05) is 6.07 Å². The van der Waals surface area contributed by atoms with Crippen LogP contribution in [-0.4, -0.2) is 29.5 Å². The van der Waals surface area contributed by atoms with Crippen LogP contribution in [0.25, 0.3) is 5.69 Å². The fraction of sp³-hybridized carbons (Fsp3) is 0.375. The van der Waals surface area contributed by atoms with Gasteiger partial charge in [-0.1, -0.05) is 25.6 Å². The second-order valence-electron chi connectivity index (χ2n) is 6.39. The van der Waals surface area contributed by atoms with Crippen LogP contribution in [0.2, 0.25) is 19.6 Å². The van der Waals surface area contributed by atoms with E-state index in [-0.39, 0.29) is 21.8 Å². The van der Waals surface area contributed by atoms with Crippen LogP contribution in [0.15, 0.2) is 16.9 Å². The van der Waals surface area contributed by atoms with Gasteiger partial charge in [-0.05, 0) is 13.0 Å². The van der Waals surface area contributed by atoms with Gasteiger partial charge in [0.2, 0.25) is 0 Å². The number of nitrogens with zero attached hydrogens (tertiary/aromatic N) is 3. The average molecular weight is 369 g/mol. The van der Waals surface area contributed by atoms with Crippen molar-refractivity contribution in [2.75, 3.05) is 7.11 Å². The SMILES string of the molecule is COc1cc(-n2nc(C)n(C(F)F)c2=O)c(F)cc1C#C[Si](C)(C)C. The Kier molecular flexibility index (Phi) is 5.13. The van der Waals surface area contributed by atoms with Crippen LogP contribution in [0.1, 0.15) is 17.9 Å². The Bertz CT molecular complexity index is 918. The zero-order chi connectivity index (χ0) is 18.9. The monoisotopic (exact) mass is 369 g/mol. The Labute approximate surface area is 144 Å². The molecule has 0 unspecified atom stereocenters. The standard InChI is InChI=1S/C16H18F3N3O2Si/c1-10-20-22(16(23)21(10)15(18)19)13-9-14(24-2)11(8-12(13)17)6-7-25(3,4)5/h8-9,15H,1-5H3. The normalized spacial score (nSPS) is 11.4. The van der Waals surface area contributed by atoms with Gasteiger partial charge in [0.15, 0.2) is 5.82 Å². The van der Waals surface area contributed by atoms with E-state index in [1.165, 1.54) is 20.1 Å². The fourth-order valence-corrected chi connectivity index (χ4v) is 2.59. The number of aromatic nitrogens is 3. The van der Waals surface area contributed by atoms with Gasteiger partial charge in [-0.25, -0.2) is 13.8 Å². The lowest BCUT2D eigenvalue weighted by molar-refractivity contribution is 0.0640. The van der Waals surface area contributed by atoms with Crippen molar-refractivity contribution in [2.45, 2.75) is 33.1 Å². The predicted octanol–water partition coefficient (Wildman–Crippen LogP) is 3.11. The molecule has 134 valence electrons. The first kappa shape index (κ1) is 18.9. The highest BCUT2D eigenvalue weighted by atomic mass is 28.3. The molecule has 2 rings (SSSR count). The zero-order valence-corrected chi connectivity index (χ0v) is 15.5. The molecule has 0 saturated carbocycles. The van der Waals surface area contributed by atoms with Crippen molar-refractivity contribution in [1.82, 2.24) is 14.3 Å². The molecule has 0 spiro atoms. The van der Waals surface area contributed by atoms with Crippen molar-refractivity contribution < 1.29 is 17.9 Å². The summed E-state index contributed by atoms with van der Waals surface area (Å²) in [5.74, 6) is 2.10. The van der Waals surface area contributed by atoms with E-state index in [2.05, 4.69) is 16.6 Å². The average Bonchev–Trinajstić information content (AvgIpc) is 2.79. The highest BCUT2D eigenvalue weighted by molar-refractivity contribution is 6.83. The molecule has 25 heavy (non-hydrogen) atoms. The van der Waals surface area contributed by atoms with Crippen LogP contribution in [-0.2, 0) is 0 Å². The minimum absolute atomic E-state index is 0.185. The molecule has 0 aliphatic rings. The Morgan fingerprint density at radius 3 is 2.40 bits per heavy atom. The van der Waals surface area contributed by atoms with Crippen molar-refractivity contribution in [2.24, 2.45) is 0 Å². The second kappa shape index (κ2) is 6.80. The third kappa shape index (κ3) is 3.96. The van der Waals surface area contributed by atoms with Crippen LogP contribution >= 0.6 is 0 Å². The lowest BCUT2D eigenvalue weighted by Crippen LogP contribution is -2.25. The molecule has 9 heteroatoms. The molecular formula is C16H18F3N3O2Si. The van der Waals surface area contributed by atoms with Crippen LogP contribution in [0.5, 0.6) is 5.75 Å². The van der Waals surface area contributed by atoms with Gasteiger partial charge in [0.05, 0.1) is 12.7 Å². The molecule has 1 aromatic carbocycles. The molecule has 0 saturated heterocycles. The second-order valence-corrected chi connectivity index (χ2v) is 11.1. The molecule has 5 nitrogen and oxygen atoms in total. The number of hydrogen-bond donors (Lipinski definition) is 0. The number of ether oxygens (including phenoxy) is 1. The molecule has 2 aromatic rings. The number of hydrogen-bond acceptors (Lipinski definition) is 3. The van der Waals surface area contributed by atoms with Crippen molar-refractivity contribution in [3.05, 3.63) is 39.8 Å². The van der Waals surface area contributed by atoms with E-state index < -0.39 is 26.1 Å². The maximum Gasteiger partial charge on any atom is 0.355 e. The molecule has 0 radical (unpaired) electrons. The number of benzene rings is 1. The minimum Gasteiger partial charge on any atom is -0.495 e. The van der Waals surface area contributed by atoms with Crippen molar-refractivity contribution >= 4 is 8.07 Å². The molecule has 0 bridgehead atoms. The topological polar surface area (TPSA) is 49.0 Å². The van der Waals surface area contributed by atoms with Crippen molar-refractivity contribution in [3.63, 3.8) is 0 Å². The molecule has 0 aliphatic heterocycles. The fourth-order valence-electron chi connectivity index (χ4n) is 2.08. The highest BCUT2D eigenvalue weighted by Gasteiger charge is 2.21. The quantitative estimate of drug-likeness (QED) is 0.617. The largest absolute Gasteiger partial charge is 0.495 e. The number of aryl methyl sites for hydroxylation is 1. The maximum absolute atomic E-state index is 14.5. The van der Waals surface area contributed by atoms with Crippen LogP contribution in [0.4, 0.5) is 13.2 Å². The van der Waals surface area contributed by atoms with Gasteiger partial charge in [-0.3, -0.25) is 0 Å². The van der Waals surface area contributed by atoms with Gasteiger partial charge in [0.1, 0.15) is 25.3 Å². The molecule has 0 N–H and O–H groups in total. The summed E-state index contributed by atoms with van der Waals surface area (Å²) in [6, 6.07) is 2.34. The highest BCUT2D eigenvalue weighted by Crippen LogP contribution is 2.24. The summed E-state index contributed by atoms with van der Waals surface area (Å²) in [7, 11) is -0.312. The van der Waals surface area contributed by atoms with E-state index in [4.69, 9.17) is 4.74 Å². The summed E-state index contributed by atoms with van der Waals surface area (Å²) in [6.07, 6.45) is 0. The van der Waals surface area contributed by atoms with E-state index in [0.29, 0.717) is 10.2 Å². The van der Waals surface area contributed by atoms with E-state index >= 15 is 0 Å². The Morgan fingerprint density at radius 2 is 1.92 bits per heavy atom. The molecule has 1 aromatic heterocycles. The summed E-state index contributed by atoms with van der Waals surface area (Å²) in [4.78, 5) is 12.1. The van der Waals surface area contributed by atoms with E-state index in [1.54, 1.807) is 0 Å². The van der Waals surface area contributed by atoms with Crippen LogP contribution in [0.3, 0.4) is 0 Å². The van der Waals surface area contributed by atoms with Crippen LogP contribution in [0, 0.1) is 24.2 Å². The van der Waals surface area contributed by atoms with E-state index in [1.807, 2.05) is 19.6 Å².